The van der Waals surface area contributed by atoms with Crippen LogP contribution in [0.3, 0.4) is 0 Å². The molecular formula is C6H14Cl2NOP. The van der Waals surface area contributed by atoms with Crippen LogP contribution in [0.1, 0.15) is 27.7 Å². The Bertz CT molecular complexity index is 103. The van der Waals surface area contributed by atoms with Crippen molar-refractivity contribution in [3.05, 3.63) is 0 Å². The molecular weight excluding hydrogens is 204 g/mol. The Morgan fingerprint density at radius 1 is 1.09 bits per heavy atom. The molecule has 0 fully saturated rings. The highest BCUT2D eigenvalue weighted by Gasteiger charge is 2.17. The molecule has 0 amide bonds. The van der Waals surface area contributed by atoms with Crippen LogP contribution < -0.4 is 0 Å². The Kier molecular flexibility index (Phi) is 6.02. The molecule has 0 saturated heterocycles. The molecule has 0 radical (unpaired) electrons. The van der Waals surface area contributed by atoms with Crippen molar-refractivity contribution in [2.24, 2.45) is 0 Å². The zero-order valence-corrected chi connectivity index (χ0v) is 9.62. The maximum absolute atomic E-state index is 5.53. The third-order valence-electron chi connectivity index (χ3n) is 1.17. The molecule has 0 rings (SSSR count). The fourth-order valence-corrected chi connectivity index (χ4v) is 1.80. The third-order valence-corrected chi connectivity index (χ3v) is 1.86. The van der Waals surface area contributed by atoms with Gasteiger partial charge in [-0.05, 0) is 50.2 Å². The molecule has 0 aliphatic carbocycles. The summed E-state index contributed by atoms with van der Waals surface area (Å²) in [5, 5.41) is 1.80. The molecule has 0 bridgehead atoms. The van der Waals surface area contributed by atoms with E-state index < -0.39 is 6.85 Å². The topological polar surface area (TPSA) is 12.5 Å². The van der Waals surface area contributed by atoms with Gasteiger partial charge in [0.2, 0.25) is 6.85 Å². The van der Waals surface area contributed by atoms with E-state index in [1.54, 1.807) is 5.06 Å². The van der Waals surface area contributed by atoms with E-state index in [2.05, 4.69) is 0 Å². The normalized spacial score (nSPS) is 12.5. The average molecular weight is 218 g/mol. The second-order valence-corrected chi connectivity index (χ2v) is 5.76. The molecule has 0 N–H and O–H groups in total. The minimum atomic E-state index is -1.33. The predicted octanol–water partition coefficient (Wildman–Crippen LogP) is 3.74. The maximum atomic E-state index is 5.53. The number of rotatable bonds is 4. The lowest BCUT2D eigenvalue weighted by Gasteiger charge is -2.28. The van der Waals surface area contributed by atoms with Crippen molar-refractivity contribution < 1.29 is 4.62 Å². The smallest absolute Gasteiger partial charge is 0.243 e. The molecule has 0 heterocycles. The van der Waals surface area contributed by atoms with Crippen molar-refractivity contribution in [3.63, 3.8) is 0 Å². The molecule has 11 heavy (non-hydrogen) atoms. The van der Waals surface area contributed by atoms with Gasteiger partial charge < -0.3 is 0 Å². The van der Waals surface area contributed by atoms with E-state index in [0.717, 1.165) is 0 Å². The van der Waals surface area contributed by atoms with E-state index in [4.69, 9.17) is 27.1 Å². The quantitative estimate of drug-likeness (QED) is 0.526. The molecule has 0 aliphatic rings. The zero-order chi connectivity index (χ0) is 9.02. The van der Waals surface area contributed by atoms with Gasteiger partial charge in [0.1, 0.15) is 0 Å². The summed E-state index contributed by atoms with van der Waals surface area (Å²) < 4.78 is 5.20. The predicted molar refractivity (Wildman–Crippen MR) is 51.8 cm³/mol. The summed E-state index contributed by atoms with van der Waals surface area (Å²) in [6, 6.07) is 0.606. The molecule has 0 atom stereocenters. The molecule has 0 aliphatic heterocycles. The first kappa shape index (κ1) is 11.9. The average Bonchev–Trinajstić information content (AvgIpc) is 1.81. The third kappa shape index (κ3) is 5.21. The van der Waals surface area contributed by atoms with E-state index >= 15 is 0 Å². The summed E-state index contributed by atoms with van der Waals surface area (Å²) >= 11 is 11.1. The first-order valence-electron chi connectivity index (χ1n) is 3.53. The molecule has 0 aromatic heterocycles. The second kappa shape index (κ2) is 5.55. The van der Waals surface area contributed by atoms with Gasteiger partial charge in [-0.1, -0.05) is 0 Å². The Labute approximate surface area is 79.2 Å². The molecule has 0 saturated carbocycles. The van der Waals surface area contributed by atoms with Gasteiger partial charge >= 0.3 is 0 Å². The Balaban J connectivity index is 3.90. The summed E-state index contributed by atoms with van der Waals surface area (Å²) in [6.07, 6.45) is 0. The lowest BCUT2D eigenvalue weighted by atomic mass is 10.3. The standard InChI is InChI=1S/C6H14Cl2NOP/c1-5(2)9(6(3)4)10-11(7)8/h5-6H,1-4H3. The Morgan fingerprint density at radius 3 is 1.55 bits per heavy atom. The number of halogens is 2. The van der Waals surface area contributed by atoms with Crippen molar-refractivity contribution >= 4 is 29.3 Å². The monoisotopic (exact) mass is 217 g/mol. The van der Waals surface area contributed by atoms with Crippen molar-refractivity contribution in [2.75, 3.05) is 0 Å². The van der Waals surface area contributed by atoms with Gasteiger partial charge in [0, 0.05) is 12.1 Å². The largest absolute Gasteiger partial charge is 0.246 e. The van der Waals surface area contributed by atoms with Gasteiger partial charge in [-0.3, -0.25) is 0 Å². The number of nitrogens with zero attached hydrogens (tertiary/aromatic N) is 1. The molecule has 0 spiro atoms. The zero-order valence-electron chi connectivity index (χ0n) is 7.21. The lowest BCUT2D eigenvalue weighted by Crippen LogP contribution is -2.34. The van der Waals surface area contributed by atoms with Crippen molar-refractivity contribution in [3.8, 4) is 0 Å². The van der Waals surface area contributed by atoms with Crippen LogP contribution in [-0.2, 0) is 4.62 Å². The van der Waals surface area contributed by atoms with Gasteiger partial charge in [0.25, 0.3) is 0 Å². The number of hydrogen-bond acceptors (Lipinski definition) is 2. The van der Waals surface area contributed by atoms with Gasteiger partial charge in [0.15, 0.2) is 0 Å². The van der Waals surface area contributed by atoms with E-state index in [1.807, 2.05) is 27.7 Å². The van der Waals surface area contributed by atoms with Crippen molar-refractivity contribution in [1.29, 1.82) is 0 Å². The van der Waals surface area contributed by atoms with Gasteiger partial charge in [-0.15, -0.1) is 0 Å². The van der Waals surface area contributed by atoms with E-state index in [-0.39, 0.29) is 0 Å². The van der Waals surface area contributed by atoms with Gasteiger partial charge in [0.05, 0.1) is 0 Å². The first-order chi connectivity index (χ1) is 4.95. The maximum Gasteiger partial charge on any atom is 0.246 e. The molecule has 5 heteroatoms. The summed E-state index contributed by atoms with van der Waals surface area (Å²) in [5.74, 6) is 0. The first-order valence-corrected chi connectivity index (χ1v) is 6.60. The van der Waals surface area contributed by atoms with Gasteiger partial charge in [-0.25, -0.2) is 4.62 Å². The van der Waals surface area contributed by atoms with Gasteiger partial charge in [-0.2, -0.15) is 5.06 Å². The molecule has 0 unspecified atom stereocenters. The highest BCUT2D eigenvalue weighted by Crippen LogP contribution is 2.49. The number of hydroxylamine groups is 2. The summed E-state index contributed by atoms with van der Waals surface area (Å²) in [7, 11) is 0. The molecule has 0 aromatic rings. The molecule has 0 aromatic carbocycles. The van der Waals surface area contributed by atoms with Crippen LogP contribution in [-0.4, -0.2) is 17.1 Å². The minimum Gasteiger partial charge on any atom is -0.243 e. The van der Waals surface area contributed by atoms with E-state index in [9.17, 15) is 0 Å². The van der Waals surface area contributed by atoms with Crippen molar-refractivity contribution in [1.82, 2.24) is 5.06 Å². The van der Waals surface area contributed by atoms with Crippen LogP contribution in [0.5, 0.6) is 0 Å². The second-order valence-electron chi connectivity index (χ2n) is 2.83. The van der Waals surface area contributed by atoms with Crippen LogP contribution in [0.25, 0.3) is 0 Å². The van der Waals surface area contributed by atoms with Crippen LogP contribution in [0.4, 0.5) is 0 Å². The van der Waals surface area contributed by atoms with E-state index in [1.165, 1.54) is 0 Å². The van der Waals surface area contributed by atoms with Crippen LogP contribution >= 0.6 is 29.3 Å². The van der Waals surface area contributed by atoms with Crippen LogP contribution in [0, 0.1) is 0 Å². The minimum absolute atomic E-state index is 0.303. The fourth-order valence-electron chi connectivity index (χ4n) is 0.856. The van der Waals surface area contributed by atoms with Crippen LogP contribution in [0.15, 0.2) is 0 Å². The molecule has 68 valence electrons. The Morgan fingerprint density at radius 2 is 1.45 bits per heavy atom. The van der Waals surface area contributed by atoms with Crippen LogP contribution in [0.2, 0.25) is 0 Å². The number of hydrogen-bond donors (Lipinski definition) is 0. The fraction of sp³-hybridized carbons (Fsp3) is 1.00. The highest BCUT2D eigenvalue weighted by atomic mass is 35.9. The summed E-state index contributed by atoms with van der Waals surface area (Å²) in [4.78, 5) is 0. The molecule has 2 nitrogen and oxygen atoms in total. The van der Waals surface area contributed by atoms with Crippen molar-refractivity contribution in [2.45, 2.75) is 39.8 Å². The summed E-state index contributed by atoms with van der Waals surface area (Å²) in [5.41, 5.74) is 0. The summed E-state index contributed by atoms with van der Waals surface area (Å²) in [6.45, 7) is 6.80. The Hall–Kier alpha value is 0.930. The SMILES string of the molecule is CC(C)N(OP(Cl)Cl)C(C)C. The van der Waals surface area contributed by atoms with E-state index in [0.29, 0.717) is 12.1 Å². The highest BCUT2D eigenvalue weighted by molar-refractivity contribution is 8.00. The lowest BCUT2D eigenvalue weighted by molar-refractivity contribution is -0.0977.